The molecule has 2 heterocycles. The predicted molar refractivity (Wildman–Crippen MR) is 73.7 cm³/mol. The predicted octanol–water partition coefficient (Wildman–Crippen LogP) is 1.33. The lowest BCUT2D eigenvalue weighted by molar-refractivity contribution is 0.0967. The van der Waals surface area contributed by atoms with Crippen molar-refractivity contribution in [1.82, 2.24) is 9.78 Å². The maximum atomic E-state index is 9.79. The standard InChI is InChI=1S/C13H24N4O/c1-8(2)12-11(14)13(16(4)15-12)17-6-5-10(18)9(3)7-17/h8-10,18H,5-7,14H2,1-4H3. The van der Waals surface area contributed by atoms with Crippen molar-refractivity contribution >= 4 is 11.5 Å². The van der Waals surface area contributed by atoms with Crippen molar-refractivity contribution in [3.63, 3.8) is 0 Å². The van der Waals surface area contributed by atoms with Gasteiger partial charge in [-0.1, -0.05) is 20.8 Å². The summed E-state index contributed by atoms with van der Waals surface area (Å²) in [6.07, 6.45) is 0.600. The second-order valence-corrected chi connectivity index (χ2v) is 5.68. The molecule has 1 saturated heterocycles. The lowest BCUT2D eigenvalue weighted by Crippen LogP contribution is -2.43. The molecule has 18 heavy (non-hydrogen) atoms. The van der Waals surface area contributed by atoms with E-state index in [2.05, 4.69) is 30.8 Å². The summed E-state index contributed by atoms with van der Waals surface area (Å²) >= 11 is 0. The van der Waals surface area contributed by atoms with Gasteiger partial charge >= 0.3 is 0 Å². The Morgan fingerprint density at radius 2 is 2.11 bits per heavy atom. The third-order valence-corrected chi connectivity index (χ3v) is 3.79. The Labute approximate surface area is 109 Å². The van der Waals surface area contributed by atoms with Gasteiger partial charge in [-0.3, -0.25) is 4.68 Å². The Balaban J connectivity index is 2.28. The van der Waals surface area contributed by atoms with Crippen LogP contribution in [0.2, 0.25) is 0 Å². The first kappa shape index (κ1) is 13.2. The van der Waals surface area contributed by atoms with E-state index in [1.165, 1.54) is 0 Å². The number of aryl methyl sites for hydroxylation is 1. The number of hydrogen-bond donors (Lipinski definition) is 2. The molecule has 1 aliphatic rings. The zero-order chi connectivity index (χ0) is 13.4. The highest BCUT2D eigenvalue weighted by molar-refractivity contribution is 5.67. The molecule has 0 bridgehead atoms. The fraction of sp³-hybridized carbons (Fsp3) is 0.769. The van der Waals surface area contributed by atoms with Crippen LogP contribution in [-0.2, 0) is 7.05 Å². The van der Waals surface area contributed by atoms with Crippen LogP contribution in [0.15, 0.2) is 0 Å². The van der Waals surface area contributed by atoms with Crippen molar-refractivity contribution in [1.29, 1.82) is 0 Å². The van der Waals surface area contributed by atoms with Crippen molar-refractivity contribution < 1.29 is 5.11 Å². The SMILES string of the molecule is CC(C)c1nn(C)c(N2CCC(O)C(C)C2)c1N. The summed E-state index contributed by atoms with van der Waals surface area (Å²) < 4.78 is 1.87. The van der Waals surface area contributed by atoms with Crippen LogP contribution >= 0.6 is 0 Å². The number of nitrogen functional groups attached to an aromatic ring is 1. The molecule has 5 heteroatoms. The van der Waals surface area contributed by atoms with E-state index in [-0.39, 0.29) is 12.0 Å². The molecule has 1 aromatic rings. The number of rotatable bonds is 2. The van der Waals surface area contributed by atoms with Crippen LogP contribution < -0.4 is 10.6 Å². The molecule has 0 spiro atoms. The summed E-state index contributed by atoms with van der Waals surface area (Å²) in [5.41, 5.74) is 7.98. The molecule has 0 amide bonds. The van der Waals surface area contributed by atoms with E-state index in [1.807, 2.05) is 11.7 Å². The second-order valence-electron chi connectivity index (χ2n) is 5.68. The summed E-state index contributed by atoms with van der Waals surface area (Å²) in [4.78, 5) is 2.24. The largest absolute Gasteiger partial charge is 0.394 e. The van der Waals surface area contributed by atoms with Crippen LogP contribution in [0, 0.1) is 5.92 Å². The highest BCUT2D eigenvalue weighted by Gasteiger charge is 2.28. The molecule has 1 aliphatic heterocycles. The minimum Gasteiger partial charge on any atom is -0.394 e. The van der Waals surface area contributed by atoms with E-state index in [1.54, 1.807) is 0 Å². The van der Waals surface area contributed by atoms with Gasteiger partial charge < -0.3 is 15.7 Å². The van der Waals surface area contributed by atoms with E-state index >= 15 is 0 Å². The normalized spacial score (nSPS) is 24.9. The quantitative estimate of drug-likeness (QED) is 0.833. The number of nitrogens with two attached hydrogens (primary N) is 1. The van der Waals surface area contributed by atoms with E-state index in [9.17, 15) is 5.11 Å². The van der Waals surface area contributed by atoms with Crippen molar-refractivity contribution in [2.45, 2.75) is 39.2 Å². The highest BCUT2D eigenvalue weighted by atomic mass is 16.3. The highest BCUT2D eigenvalue weighted by Crippen LogP contribution is 2.33. The molecule has 1 aromatic heterocycles. The molecule has 5 nitrogen and oxygen atoms in total. The van der Waals surface area contributed by atoms with Gasteiger partial charge in [-0.15, -0.1) is 0 Å². The third-order valence-electron chi connectivity index (χ3n) is 3.79. The van der Waals surface area contributed by atoms with E-state index in [4.69, 9.17) is 5.73 Å². The number of aliphatic hydroxyl groups is 1. The average molecular weight is 252 g/mol. The van der Waals surface area contributed by atoms with Crippen molar-refractivity contribution in [2.75, 3.05) is 23.7 Å². The second kappa shape index (κ2) is 4.80. The van der Waals surface area contributed by atoms with Crippen molar-refractivity contribution in [3.8, 4) is 0 Å². The Morgan fingerprint density at radius 1 is 1.44 bits per heavy atom. The molecule has 2 unspecified atom stereocenters. The number of anilines is 2. The van der Waals surface area contributed by atoms with Gasteiger partial charge in [0.25, 0.3) is 0 Å². The van der Waals surface area contributed by atoms with E-state index in [0.29, 0.717) is 5.92 Å². The number of nitrogens with zero attached hydrogens (tertiary/aromatic N) is 3. The van der Waals surface area contributed by atoms with E-state index < -0.39 is 0 Å². The number of hydrogen-bond acceptors (Lipinski definition) is 4. The maximum Gasteiger partial charge on any atom is 0.150 e. The topological polar surface area (TPSA) is 67.3 Å². The summed E-state index contributed by atoms with van der Waals surface area (Å²) in [7, 11) is 1.94. The molecule has 1 fully saturated rings. The van der Waals surface area contributed by atoms with Crippen LogP contribution in [0.1, 0.15) is 38.8 Å². The van der Waals surface area contributed by atoms with Gasteiger partial charge in [-0.2, -0.15) is 5.10 Å². The van der Waals surface area contributed by atoms with Crippen LogP contribution in [0.3, 0.4) is 0 Å². The molecule has 0 aliphatic carbocycles. The first-order valence-corrected chi connectivity index (χ1v) is 6.67. The Hall–Kier alpha value is -1.23. The lowest BCUT2D eigenvalue weighted by atomic mass is 9.96. The van der Waals surface area contributed by atoms with Gasteiger partial charge in [0.15, 0.2) is 0 Å². The monoisotopic (exact) mass is 252 g/mol. The van der Waals surface area contributed by atoms with Gasteiger partial charge in [0.2, 0.25) is 0 Å². The molecule has 2 rings (SSSR count). The molecular formula is C13H24N4O. The smallest absolute Gasteiger partial charge is 0.150 e. The lowest BCUT2D eigenvalue weighted by Gasteiger charge is -2.35. The van der Waals surface area contributed by atoms with E-state index in [0.717, 1.165) is 36.7 Å². The van der Waals surface area contributed by atoms with Crippen LogP contribution in [0.5, 0.6) is 0 Å². The minimum atomic E-state index is -0.194. The van der Waals surface area contributed by atoms with Crippen LogP contribution in [0.25, 0.3) is 0 Å². The summed E-state index contributed by atoms with van der Waals surface area (Å²) in [5.74, 6) is 1.60. The molecule has 2 atom stereocenters. The molecule has 102 valence electrons. The van der Waals surface area contributed by atoms with Gasteiger partial charge in [0.1, 0.15) is 5.82 Å². The average Bonchev–Trinajstić information content (AvgIpc) is 2.59. The zero-order valence-electron chi connectivity index (χ0n) is 11.7. The zero-order valence-corrected chi connectivity index (χ0v) is 11.7. The summed E-state index contributed by atoms with van der Waals surface area (Å²) in [6, 6.07) is 0. The molecular weight excluding hydrogens is 228 g/mol. The number of aliphatic hydroxyl groups excluding tert-OH is 1. The van der Waals surface area contributed by atoms with Gasteiger partial charge in [-0.05, 0) is 18.3 Å². The first-order valence-electron chi connectivity index (χ1n) is 6.67. The van der Waals surface area contributed by atoms with Gasteiger partial charge in [0, 0.05) is 20.1 Å². The molecule has 0 radical (unpaired) electrons. The molecule has 0 aromatic carbocycles. The third kappa shape index (κ3) is 2.19. The fourth-order valence-corrected chi connectivity index (χ4v) is 2.68. The first-order chi connectivity index (χ1) is 8.41. The molecule has 0 saturated carbocycles. The van der Waals surface area contributed by atoms with Crippen LogP contribution in [0.4, 0.5) is 11.5 Å². The summed E-state index contributed by atoms with van der Waals surface area (Å²) in [6.45, 7) is 7.96. The Morgan fingerprint density at radius 3 is 2.61 bits per heavy atom. The summed E-state index contributed by atoms with van der Waals surface area (Å²) in [5, 5.41) is 14.3. The molecule has 3 N–H and O–H groups in total. The van der Waals surface area contributed by atoms with Gasteiger partial charge in [-0.25, -0.2) is 0 Å². The van der Waals surface area contributed by atoms with Gasteiger partial charge in [0.05, 0.1) is 17.5 Å². The van der Waals surface area contributed by atoms with Crippen molar-refractivity contribution in [3.05, 3.63) is 5.69 Å². The number of aromatic nitrogens is 2. The Bertz CT molecular complexity index is 427. The minimum absolute atomic E-state index is 0.194. The van der Waals surface area contributed by atoms with Crippen molar-refractivity contribution in [2.24, 2.45) is 13.0 Å². The number of piperidine rings is 1. The van der Waals surface area contributed by atoms with Crippen LogP contribution in [-0.4, -0.2) is 34.1 Å². The maximum absolute atomic E-state index is 9.79. The fourth-order valence-electron chi connectivity index (χ4n) is 2.68. The Kier molecular flexibility index (Phi) is 3.52.